The summed E-state index contributed by atoms with van der Waals surface area (Å²) < 4.78 is 0. The standard InChI is InChI=1S/C26H31NO2S/c1-4-5-6-7-8-12-17-27-25(28)23(22-16-15-19(2)18-20(22)3)24(26(27)29)30-21-13-10-9-11-14-21/h9-11,13-16,18H,4-8,12,17H2,1-3H3. The summed E-state index contributed by atoms with van der Waals surface area (Å²) in [4.78, 5) is 29.6. The monoisotopic (exact) mass is 421 g/mol. The van der Waals surface area contributed by atoms with Crippen LogP contribution in [0.5, 0.6) is 0 Å². The van der Waals surface area contributed by atoms with Gasteiger partial charge in [-0.3, -0.25) is 14.5 Å². The van der Waals surface area contributed by atoms with Gasteiger partial charge in [-0.15, -0.1) is 0 Å². The van der Waals surface area contributed by atoms with Crippen LogP contribution in [0.15, 0.2) is 58.3 Å². The molecule has 0 aliphatic carbocycles. The summed E-state index contributed by atoms with van der Waals surface area (Å²) >= 11 is 1.40. The summed E-state index contributed by atoms with van der Waals surface area (Å²) in [6.45, 7) is 6.75. The van der Waals surface area contributed by atoms with Gasteiger partial charge in [-0.25, -0.2) is 0 Å². The highest BCUT2D eigenvalue weighted by atomic mass is 32.2. The van der Waals surface area contributed by atoms with Crippen LogP contribution in [0.1, 0.15) is 62.1 Å². The van der Waals surface area contributed by atoms with Crippen LogP contribution in [0.25, 0.3) is 5.57 Å². The smallest absolute Gasteiger partial charge is 0.268 e. The van der Waals surface area contributed by atoms with Crippen molar-refractivity contribution in [3.05, 3.63) is 70.1 Å². The van der Waals surface area contributed by atoms with Crippen LogP contribution in [-0.2, 0) is 9.59 Å². The molecule has 1 aliphatic heterocycles. The largest absolute Gasteiger partial charge is 0.274 e. The lowest BCUT2D eigenvalue weighted by molar-refractivity contribution is -0.136. The molecule has 2 aromatic carbocycles. The number of nitrogens with zero attached hydrogens (tertiary/aromatic N) is 1. The van der Waals surface area contributed by atoms with Crippen molar-refractivity contribution in [2.75, 3.05) is 6.54 Å². The fourth-order valence-corrected chi connectivity index (χ4v) is 4.87. The fraction of sp³-hybridized carbons (Fsp3) is 0.385. The van der Waals surface area contributed by atoms with Crippen LogP contribution in [-0.4, -0.2) is 23.3 Å². The predicted octanol–water partition coefficient (Wildman–Crippen LogP) is 6.54. The number of imide groups is 1. The van der Waals surface area contributed by atoms with Gasteiger partial charge in [0.15, 0.2) is 0 Å². The van der Waals surface area contributed by atoms with E-state index in [2.05, 4.69) is 13.0 Å². The molecule has 0 spiro atoms. The van der Waals surface area contributed by atoms with E-state index in [-0.39, 0.29) is 11.8 Å². The fourth-order valence-electron chi connectivity index (χ4n) is 3.84. The number of carbonyl (C=O) groups excluding carboxylic acids is 2. The van der Waals surface area contributed by atoms with Gasteiger partial charge in [0.05, 0.1) is 10.5 Å². The first-order valence-corrected chi connectivity index (χ1v) is 11.8. The zero-order valence-electron chi connectivity index (χ0n) is 18.2. The Balaban J connectivity index is 1.85. The number of amides is 2. The van der Waals surface area contributed by atoms with E-state index >= 15 is 0 Å². The van der Waals surface area contributed by atoms with Crippen LogP contribution < -0.4 is 0 Å². The van der Waals surface area contributed by atoms with Gasteiger partial charge >= 0.3 is 0 Å². The number of carbonyl (C=O) groups is 2. The van der Waals surface area contributed by atoms with Crippen molar-refractivity contribution < 1.29 is 9.59 Å². The Labute approximate surface area is 184 Å². The highest BCUT2D eigenvalue weighted by Crippen LogP contribution is 2.40. The van der Waals surface area contributed by atoms with Crippen LogP contribution >= 0.6 is 11.8 Å². The van der Waals surface area contributed by atoms with Gasteiger partial charge in [-0.2, -0.15) is 0 Å². The van der Waals surface area contributed by atoms with Gasteiger partial charge in [0.2, 0.25) is 0 Å². The molecular weight excluding hydrogens is 390 g/mol. The number of hydrogen-bond donors (Lipinski definition) is 0. The second-order valence-electron chi connectivity index (χ2n) is 7.97. The summed E-state index contributed by atoms with van der Waals surface area (Å²) in [6, 6.07) is 15.9. The molecule has 0 unspecified atom stereocenters. The molecule has 3 nitrogen and oxygen atoms in total. The van der Waals surface area contributed by atoms with E-state index in [1.54, 1.807) is 0 Å². The number of aryl methyl sites for hydroxylation is 2. The summed E-state index contributed by atoms with van der Waals surface area (Å²) in [5.41, 5.74) is 3.59. The lowest BCUT2D eigenvalue weighted by Gasteiger charge is -2.15. The average Bonchev–Trinajstić information content (AvgIpc) is 2.95. The van der Waals surface area contributed by atoms with Crippen LogP contribution in [0.2, 0.25) is 0 Å². The molecule has 4 heteroatoms. The normalized spacial score (nSPS) is 14.2. The maximum atomic E-state index is 13.4. The highest BCUT2D eigenvalue weighted by Gasteiger charge is 2.39. The quantitative estimate of drug-likeness (QED) is 0.323. The minimum absolute atomic E-state index is 0.154. The Morgan fingerprint density at radius 1 is 0.833 bits per heavy atom. The van der Waals surface area contributed by atoms with Gasteiger partial charge in [-0.05, 0) is 43.5 Å². The Morgan fingerprint density at radius 3 is 2.23 bits per heavy atom. The Hall–Kier alpha value is -2.33. The molecule has 2 amide bonds. The number of benzene rings is 2. The van der Waals surface area contributed by atoms with Crippen LogP contribution in [0.3, 0.4) is 0 Å². The van der Waals surface area contributed by atoms with Crippen LogP contribution in [0.4, 0.5) is 0 Å². The van der Waals surface area contributed by atoms with E-state index in [0.717, 1.165) is 40.8 Å². The molecule has 0 fully saturated rings. The third-order valence-electron chi connectivity index (χ3n) is 5.48. The second kappa shape index (κ2) is 10.6. The third-order valence-corrected chi connectivity index (χ3v) is 6.57. The molecule has 0 bridgehead atoms. The third kappa shape index (κ3) is 5.23. The zero-order valence-corrected chi connectivity index (χ0v) is 19.1. The van der Waals surface area contributed by atoms with Crippen molar-refractivity contribution in [3.8, 4) is 0 Å². The first-order valence-electron chi connectivity index (χ1n) is 10.9. The molecule has 0 aromatic heterocycles. The zero-order chi connectivity index (χ0) is 21.5. The molecule has 0 radical (unpaired) electrons. The van der Waals surface area contributed by atoms with E-state index in [1.807, 2.05) is 56.3 Å². The van der Waals surface area contributed by atoms with E-state index in [0.29, 0.717) is 17.0 Å². The van der Waals surface area contributed by atoms with Gasteiger partial charge in [0.25, 0.3) is 11.8 Å². The maximum absolute atomic E-state index is 13.4. The van der Waals surface area contributed by atoms with Crippen molar-refractivity contribution in [2.45, 2.75) is 64.2 Å². The Morgan fingerprint density at radius 2 is 1.53 bits per heavy atom. The van der Waals surface area contributed by atoms with Gasteiger partial charge in [-0.1, -0.05) is 92.8 Å². The molecule has 30 heavy (non-hydrogen) atoms. The van der Waals surface area contributed by atoms with E-state index in [1.165, 1.54) is 35.9 Å². The summed E-state index contributed by atoms with van der Waals surface area (Å²) in [6.07, 6.45) is 6.76. The molecule has 1 aliphatic rings. The maximum Gasteiger partial charge on any atom is 0.268 e. The van der Waals surface area contributed by atoms with Crippen molar-refractivity contribution in [3.63, 3.8) is 0 Å². The lowest BCUT2D eigenvalue weighted by atomic mass is 9.99. The molecule has 158 valence electrons. The van der Waals surface area contributed by atoms with Gasteiger partial charge < -0.3 is 0 Å². The lowest BCUT2D eigenvalue weighted by Crippen LogP contribution is -2.32. The van der Waals surface area contributed by atoms with Crippen molar-refractivity contribution in [2.24, 2.45) is 0 Å². The minimum atomic E-state index is -0.155. The number of rotatable bonds is 10. The van der Waals surface area contributed by atoms with Gasteiger partial charge in [0, 0.05) is 11.4 Å². The second-order valence-corrected chi connectivity index (χ2v) is 9.05. The number of hydrogen-bond acceptors (Lipinski definition) is 3. The summed E-state index contributed by atoms with van der Waals surface area (Å²) in [5, 5.41) is 0. The Kier molecular flexibility index (Phi) is 7.92. The molecular formula is C26H31NO2S. The van der Waals surface area contributed by atoms with Crippen molar-refractivity contribution in [1.29, 1.82) is 0 Å². The summed E-state index contributed by atoms with van der Waals surface area (Å²) in [7, 11) is 0. The van der Waals surface area contributed by atoms with E-state index < -0.39 is 0 Å². The summed E-state index contributed by atoms with van der Waals surface area (Å²) in [5.74, 6) is -0.309. The first kappa shape index (κ1) is 22.4. The molecule has 0 atom stereocenters. The number of thioether (sulfide) groups is 1. The molecule has 2 aromatic rings. The van der Waals surface area contributed by atoms with E-state index in [9.17, 15) is 9.59 Å². The van der Waals surface area contributed by atoms with Gasteiger partial charge in [0.1, 0.15) is 0 Å². The van der Waals surface area contributed by atoms with E-state index in [4.69, 9.17) is 0 Å². The van der Waals surface area contributed by atoms with Crippen LogP contribution in [0, 0.1) is 13.8 Å². The highest BCUT2D eigenvalue weighted by molar-refractivity contribution is 8.04. The molecule has 1 heterocycles. The molecule has 0 saturated carbocycles. The minimum Gasteiger partial charge on any atom is -0.274 e. The van der Waals surface area contributed by atoms with Crippen molar-refractivity contribution in [1.82, 2.24) is 4.90 Å². The molecule has 0 saturated heterocycles. The molecule has 0 N–H and O–H groups in total. The van der Waals surface area contributed by atoms with Crippen molar-refractivity contribution >= 4 is 29.1 Å². The predicted molar refractivity (Wildman–Crippen MR) is 125 cm³/mol. The topological polar surface area (TPSA) is 37.4 Å². The Bertz CT molecular complexity index is 933. The molecule has 3 rings (SSSR count). The SMILES string of the molecule is CCCCCCCCN1C(=O)C(Sc2ccccc2)=C(c2ccc(C)cc2C)C1=O. The average molecular weight is 422 g/mol. The first-order chi connectivity index (χ1) is 14.5. The number of unbranched alkanes of at least 4 members (excludes halogenated alkanes) is 5.